The number of piperidine rings is 1. The molecule has 0 radical (unpaired) electrons. The van der Waals surface area contributed by atoms with Crippen molar-refractivity contribution in [1.82, 2.24) is 9.88 Å². The van der Waals surface area contributed by atoms with Crippen molar-refractivity contribution in [2.45, 2.75) is 25.7 Å². The average Bonchev–Trinajstić information content (AvgIpc) is 2.48. The summed E-state index contributed by atoms with van der Waals surface area (Å²) in [5.74, 6) is 0.566. The number of hydrogen-bond acceptors (Lipinski definition) is 4. The molecule has 1 aromatic heterocycles. The van der Waals surface area contributed by atoms with Crippen molar-refractivity contribution in [2.24, 2.45) is 0 Å². The smallest absolute Gasteiger partial charge is 0.194 e. The molecule has 0 unspecified atom stereocenters. The minimum absolute atomic E-state index is 0.388. The third-order valence-electron chi connectivity index (χ3n) is 2.86. The maximum atomic E-state index is 9.47. The normalized spacial score (nSPS) is 20.1. The van der Waals surface area contributed by atoms with Crippen LogP contribution in [-0.2, 0) is 0 Å². The first-order valence-corrected chi connectivity index (χ1v) is 5.83. The summed E-state index contributed by atoms with van der Waals surface area (Å²) in [5.41, 5.74) is 0.781. The van der Waals surface area contributed by atoms with Gasteiger partial charge in [0.2, 0.25) is 0 Å². The van der Waals surface area contributed by atoms with Gasteiger partial charge in [-0.25, -0.2) is 4.98 Å². The number of thiazole rings is 1. The van der Waals surface area contributed by atoms with Crippen LogP contribution in [0.5, 0.6) is 5.06 Å². The zero-order valence-electron chi connectivity index (χ0n) is 8.66. The highest BCUT2D eigenvalue weighted by atomic mass is 32.1. The maximum Gasteiger partial charge on any atom is 0.194 e. The van der Waals surface area contributed by atoms with E-state index in [9.17, 15) is 5.11 Å². The quantitative estimate of drug-likeness (QED) is 0.773. The van der Waals surface area contributed by atoms with Crippen LogP contribution in [0.3, 0.4) is 0 Å². The van der Waals surface area contributed by atoms with Gasteiger partial charge in [-0.15, -0.1) is 0 Å². The minimum atomic E-state index is 0.388. The number of likely N-dealkylation sites (tertiary alicyclic amines) is 1. The van der Waals surface area contributed by atoms with Crippen molar-refractivity contribution < 1.29 is 5.11 Å². The van der Waals surface area contributed by atoms with E-state index in [-0.39, 0.29) is 0 Å². The second-order valence-corrected chi connectivity index (χ2v) is 5.03. The molecule has 4 heteroatoms. The maximum absolute atomic E-state index is 9.47. The van der Waals surface area contributed by atoms with Crippen LogP contribution < -0.4 is 0 Å². The van der Waals surface area contributed by atoms with Gasteiger partial charge in [0.15, 0.2) is 5.06 Å². The van der Waals surface area contributed by atoms with Crippen LogP contribution in [0.1, 0.15) is 29.5 Å². The number of aromatic nitrogens is 1. The van der Waals surface area contributed by atoms with E-state index in [0.29, 0.717) is 11.0 Å². The van der Waals surface area contributed by atoms with Gasteiger partial charge in [-0.1, -0.05) is 11.3 Å². The van der Waals surface area contributed by atoms with Gasteiger partial charge < -0.3 is 10.0 Å². The highest BCUT2D eigenvalue weighted by Crippen LogP contribution is 2.34. The Bertz CT molecular complexity index is 296. The zero-order chi connectivity index (χ0) is 10.1. The van der Waals surface area contributed by atoms with Gasteiger partial charge in [0.05, 0.1) is 10.7 Å². The molecule has 1 saturated heterocycles. The number of nitrogens with zero attached hydrogens (tertiary/aromatic N) is 2. The van der Waals surface area contributed by atoms with Crippen LogP contribution in [0.4, 0.5) is 0 Å². The Hall–Kier alpha value is -0.610. The molecule has 0 atom stereocenters. The lowest BCUT2D eigenvalue weighted by Crippen LogP contribution is -2.29. The standard InChI is InChI=1S/C10H16N2OS/c1-7-10(13)14-9(11-7)8-3-5-12(2)6-4-8/h8,13H,3-6H2,1-2H3. The van der Waals surface area contributed by atoms with Crippen LogP contribution in [0.25, 0.3) is 0 Å². The van der Waals surface area contributed by atoms with E-state index in [2.05, 4.69) is 16.9 Å². The van der Waals surface area contributed by atoms with Crippen LogP contribution >= 0.6 is 11.3 Å². The van der Waals surface area contributed by atoms with E-state index in [4.69, 9.17) is 0 Å². The molecule has 1 aliphatic rings. The largest absolute Gasteiger partial charge is 0.498 e. The summed E-state index contributed by atoms with van der Waals surface area (Å²) in [7, 11) is 2.15. The summed E-state index contributed by atoms with van der Waals surface area (Å²) in [5, 5.41) is 11.0. The first-order chi connectivity index (χ1) is 6.66. The lowest BCUT2D eigenvalue weighted by molar-refractivity contribution is 0.255. The molecule has 78 valence electrons. The molecule has 14 heavy (non-hydrogen) atoms. The fourth-order valence-corrected chi connectivity index (χ4v) is 2.82. The van der Waals surface area contributed by atoms with Gasteiger partial charge >= 0.3 is 0 Å². The number of aromatic hydroxyl groups is 1. The second-order valence-electron chi connectivity index (χ2n) is 4.02. The molecule has 3 nitrogen and oxygen atoms in total. The predicted octanol–water partition coefficient (Wildman–Crippen LogP) is 1.97. The third-order valence-corrected chi connectivity index (χ3v) is 3.98. The van der Waals surface area contributed by atoms with Gasteiger partial charge in [-0.2, -0.15) is 0 Å². The summed E-state index contributed by atoms with van der Waals surface area (Å²) in [6, 6.07) is 0. The Morgan fingerprint density at radius 1 is 1.43 bits per heavy atom. The topological polar surface area (TPSA) is 36.4 Å². The second kappa shape index (κ2) is 3.87. The van der Waals surface area contributed by atoms with E-state index in [1.807, 2.05) is 6.92 Å². The molecule has 0 aromatic carbocycles. The number of hydrogen-bond donors (Lipinski definition) is 1. The lowest BCUT2D eigenvalue weighted by Gasteiger charge is -2.27. The number of rotatable bonds is 1. The van der Waals surface area contributed by atoms with Gasteiger partial charge in [0, 0.05) is 5.92 Å². The summed E-state index contributed by atoms with van der Waals surface area (Å²) in [6.45, 7) is 4.15. The lowest BCUT2D eigenvalue weighted by atomic mass is 9.98. The summed E-state index contributed by atoms with van der Waals surface area (Å²) in [4.78, 5) is 6.75. The minimum Gasteiger partial charge on any atom is -0.498 e. The first-order valence-electron chi connectivity index (χ1n) is 5.01. The first kappa shape index (κ1) is 9.93. The third kappa shape index (κ3) is 1.91. The molecular formula is C10H16N2OS. The zero-order valence-corrected chi connectivity index (χ0v) is 9.47. The molecule has 0 bridgehead atoms. The monoisotopic (exact) mass is 212 g/mol. The SMILES string of the molecule is Cc1nc(C2CCN(C)CC2)sc1O. The fraction of sp³-hybridized carbons (Fsp3) is 0.700. The molecule has 0 aliphatic carbocycles. The van der Waals surface area contributed by atoms with Gasteiger partial charge in [-0.3, -0.25) is 0 Å². The highest BCUT2D eigenvalue weighted by molar-refractivity contribution is 7.13. The molecule has 0 amide bonds. The summed E-state index contributed by atoms with van der Waals surface area (Å²) in [6.07, 6.45) is 2.34. The van der Waals surface area contributed by atoms with Crippen molar-refractivity contribution in [3.63, 3.8) is 0 Å². The van der Waals surface area contributed by atoms with E-state index in [1.165, 1.54) is 24.2 Å². The van der Waals surface area contributed by atoms with E-state index >= 15 is 0 Å². The van der Waals surface area contributed by atoms with Crippen LogP contribution in [0, 0.1) is 6.92 Å². The Kier molecular flexibility index (Phi) is 2.74. The summed E-state index contributed by atoms with van der Waals surface area (Å²) < 4.78 is 0. The van der Waals surface area contributed by atoms with Gasteiger partial charge in [-0.05, 0) is 39.9 Å². The average molecular weight is 212 g/mol. The van der Waals surface area contributed by atoms with Crippen LogP contribution in [0.2, 0.25) is 0 Å². The van der Waals surface area contributed by atoms with Crippen LogP contribution in [0.15, 0.2) is 0 Å². The summed E-state index contributed by atoms with van der Waals surface area (Å²) >= 11 is 1.45. The molecule has 1 aliphatic heterocycles. The van der Waals surface area contributed by atoms with Gasteiger partial charge in [0.25, 0.3) is 0 Å². The van der Waals surface area contributed by atoms with Crippen molar-refractivity contribution in [3.8, 4) is 5.06 Å². The van der Waals surface area contributed by atoms with E-state index < -0.39 is 0 Å². The predicted molar refractivity (Wildman–Crippen MR) is 58.0 cm³/mol. The van der Waals surface area contributed by atoms with Crippen molar-refractivity contribution in [3.05, 3.63) is 10.7 Å². The van der Waals surface area contributed by atoms with Gasteiger partial charge in [0.1, 0.15) is 0 Å². The molecule has 1 N–H and O–H groups in total. The molecule has 0 saturated carbocycles. The Morgan fingerprint density at radius 2 is 2.07 bits per heavy atom. The Balaban J connectivity index is 2.08. The molecule has 2 rings (SSSR count). The Morgan fingerprint density at radius 3 is 2.57 bits per heavy atom. The number of aryl methyl sites for hydroxylation is 1. The molecule has 2 heterocycles. The molecular weight excluding hydrogens is 196 g/mol. The highest BCUT2D eigenvalue weighted by Gasteiger charge is 2.22. The Labute approximate surface area is 88.4 Å². The van der Waals surface area contributed by atoms with Crippen molar-refractivity contribution in [1.29, 1.82) is 0 Å². The molecule has 1 aromatic rings. The van der Waals surface area contributed by atoms with Crippen molar-refractivity contribution >= 4 is 11.3 Å². The molecule has 0 spiro atoms. The van der Waals surface area contributed by atoms with E-state index in [1.54, 1.807) is 0 Å². The fourth-order valence-electron chi connectivity index (χ4n) is 1.84. The van der Waals surface area contributed by atoms with Crippen LogP contribution in [-0.4, -0.2) is 35.1 Å². The van der Waals surface area contributed by atoms with E-state index in [0.717, 1.165) is 23.8 Å². The molecule has 1 fully saturated rings. The van der Waals surface area contributed by atoms with Crippen molar-refractivity contribution in [2.75, 3.05) is 20.1 Å².